The van der Waals surface area contributed by atoms with Crippen LogP contribution < -0.4 is 10.9 Å². The first-order valence-corrected chi connectivity index (χ1v) is 13.1. The monoisotopic (exact) mass is 540 g/mol. The summed E-state index contributed by atoms with van der Waals surface area (Å²) in [5.41, 5.74) is 1.58. The molecule has 3 aromatic heterocycles. The number of ether oxygens (including phenoxy) is 2. The summed E-state index contributed by atoms with van der Waals surface area (Å²) >= 11 is 2.25. The highest BCUT2D eigenvalue weighted by Crippen LogP contribution is 2.27. The molecule has 3 heterocycles. The molecule has 4 rings (SSSR count). The zero-order valence-electron chi connectivity index (χ0n) is 20.2. The molecule has 0 fully saturated rings. The van der Waals surface area contributed by atoms with Crippen molar-refractivity contribution < 1.29 is 23.9 Å². The number of carbonyl (C=O) groups excluding carboxylic acids is 3. The van der Waals surface area contributed by atoms with Gasteiger partial charge in [-0.2, -0.15) is 0 Å². The second kappa shape index (κ2) is 11.9. The maximum atomic E-state index is 13.1. The van der Waals surface area contributed by atoms with Gasteiger partial charge in [-0.15, -0.1) is 22.7 Å². The van der Waals surface area contributed by atoms with Crippen LogP contribution in [0.5, 0.6) is 0 Å². The molecule has 0 aliphatic carbocycles. The van der Waals surface area contributed by atoms with Crippen molar-refractivity contribution in [2.24, 2.45) is 0 Å². The number of esters is 2. The van der Waals surface area contributed by atoms with Gasteiger partial charge < -0.3 is 14.8 Å². The first-order chi connectivity index (χ1) is 17.9. The molecule has 37 heavy (non-hydrogen) atoms. The number of thiophene rings is 1. The molecule has 4 aromatic rings. The lowest BCUT2D eigenvalue weighted by molar-refractivity contribution is -0.142. The van der Waals surface area contributed by atoms with Gasteiger partial charge in [0.1, 0.15) is 16.3 Å². The third-order valence-corrected chi connectivity index (χ3v) is 7.30. The first kappa shape index (κ1) is 26.2. The van der Waals surface area contributed by atoms with Gasteiger partial charge in [0.05, 0.1) is 37.0 Å². The molecule has 12 heteroatoms. The predicted molar refractivity (Wildman–Crippen MR) is 140 cm³/mol. The maximum absolute atomic E-state index is 13.1. The Hall–Kier alpha value is -3.90. The number of amides is 1. The average Bonchev–Trinajstić information content (AvgIpc) is 3.45. The van der Waals surface area contributed by atoms with E-state index >= 15 is 0 Å². The van der Waals surface area contributed by atoms with Gasteiger partial charge in [0.15, 0.2) is 5.13 Å². The molecular weight excluding hydrogens is 516 g/mol. The molecule has 0 unspecified atom stereocenters. The van der Waals surface area contributed by atoms with Crippen molar-refractivity contribution in [3.05, 3.63) is 74.1 Å². The highest BCUT2D eigenvalue weighted by molar-refractivity contribution is 7.20. The minimum atomic E-state index is -0.512. The summed E-state index contributed by atoms with van der Waals surface area (Å²) in [6.45, 7) is 3.59. The van der Waals surface area contributed by atoms with Gasteiger partial charge in [-0.1, -0.05) is 30.3 Å². The zero-order chi connectivity index (χ0) is 26.4. The molecule has 0 aliphatic heterocycles. The van der Waals surface area contributed by atoms with Crippen molar-refractivity contribution in [3.8, 4) is 0 Å². The number of hydrogen-bond donors (Lipinski definition) is 1. The van der Waals surface area contributed by atoms with E-state index in [2.05, 4.69) is 15.3 Å². The molecular formula is C25H24N4O6S2. The van der Waals surface area contributed by atoms with Crippen LogP contribution in [0.3, 0.4) is 0 Å². The van der Waals surface area contributed by atoms with Gasteiger partial charge in [0.25, 0.3) is 5.56 Å². The summed E-state index contributed by atoms with van der Waals surface area (Å²) in [5, 5.41) is 4.86. The van der Waals surface area contributed by atoms with Crippen LogP contribution in [0.1, 0.15) is 33.4 Å². The van der Waals surface area contributed by atoms with E-state index in [4.69, 9.17) is 9.47 Å². The van der Waals surface area contributed by atoms with Crippen molar-refractivity contribution in [1.82, 2.24) is 14.5 Å². The Morgan fingerprint density at radius 2 is 1.92 bits per heavy atom. The SMILES string of the molecule is CCOC(=O)Cc1csc(NC(=O)Cn2cnc3sc(C(=O)OCCc4ccccc4)c(C)c3c2=O)n1. The Bertz CT molecular complexity index is 1490. The zero-order valence-corrected chi connectivity index (χ0v) is 21.8. The number of fused-ring (bicyclic) bond motifs is 1. The minimum Gasteiger partial charge on any atom is -0.466 e. The lowest BCUT2D eigenvalue weighted by atomic mass is 10.2. The van der Waals surface area contributed by atoms with E-state index < -0.39 is 23.4 Å². The van der Waals surface area contributed by atoms with Crippen molar-refractivity contribution in [2.75, 3.05) is 18.5 Å². The van der Waals surface area contributed by atoms with E-state index in [1.54, 1.807) is 19.2 Å². The number of anilines is 1. The smallest absolute Gasteiger partial charge is 0.348 e. The van der Waals surface area contributed by atoms with Crippen LogP contribution >= 0.6 is 22.7 Å². The topological polar surface area (TPSA) is 129 Å². The van der Waals surface area contributed by atoms with Crippen molar-refractivity contribution in [3.63, 3.8) is 0 Å². The molecule has 0 spiro atoms. The van der Waals surface area contributed by atoms with E-state index in [0.717, 1.165) is 16.9 Å². The summed E-state index contributed by atoms with van der Waals surface area (Å²) in [4.78, 5) is 59.1. The Morgan fingerprint density at radius 1 is 1.14 bits per heavy atom. The van der Waals surface area contributed by atoms with Crippen molar-refractivity contribution in [1.29, 1.82) is 0 Å². The molecule has 0 saturated heterocycles. The third kappa shape index (κ3) is 6.46. The van der Waals surface area contributed by atoms with Gasteiger partial charge in [0.2, 0.25) is 5.91 Å². The molecule has 1 aromatic carbocycles. The fraction of sp³-hybridized carbons (Fsp3) is 0.280. The number of benzene rings is 1. The second-order valence-corrected chi connectivity index (χ2v) is 9.82. The molecule has 192 valence electrons. The molecule has 10 nitrogen and oxygen atoms in total. The van der Waals surface area contributed by atoms with Crippen LogP contribution in [-0.4, -0.2) is 45.6 Å². The van der Waals surface area contributed by atoms with Crippen LogP contribution in [0.25, 0.3) is 10.2 Å². The molecule has 0 bridgehead atoms. The van der Waals surface area contributed by atoms with Crippen molar-refractivity contribution in [2.45, 2.75) is 33.2 Å². The second-order valence-electron chi connectivity index (χ2n) is 7.96. The number of aromatic nitrogens is 3. The van der Waals surface area contributed by atoms with E-state index in [0.29, 0.717) is 32.5 Å². The number of thiazole rings is 1. The molecule has 1 N–H and O–H groups in total. The number of hydrogen-bond acceptors (Lipinski definition) is 10. The van der Waals surface area contributed by atoms with Crippen molar-refractivity contribution >= 4 is 55.9 Å². The summed E-state index contributed by atoms with van der Waals surface area (Å²) in [6, 6.07) is 9.67. The first-order valence-electron chi connectivity index (χ1n) is 11.4. The van der Waals surface area contributed by atoms with Gasteiger partial charge >= 0.3 is 11.9 Å². The van der Waals surface area contributed by atoms with Gasteiger partial charge in [-0.3, -0.25) is 19.0 Å². The lowest BCUT2D eigenvalue weighted by Crippen LogP contribution is -2.27. The Kier molecular flexibility index (Phi) is 8.41. The maximum Gasteiger partial charge on any atom is 0.348 e. The van der Waals surface area contributed by atoms with Gasteiger partial charge in [-0.25, -0.2) is 14.8 Å². The number of carbonyl (C=O) groups is 3. The fourth-order valence-corrected chi connectivity index (χ4v) is 5.32. The number of rotatable bonds is 10. The third-order valence-electron chi connectivity index (χ3n) is 5.31. The van der Waals surface area contributed by atoms with Crippen LogP contribution in [0.15, 0.2) is 46.8 Å². The average molecular weight is 541 g/mol. The quantitative estimate of drug-likeness (QED) is 0.303. The molecule has 0 atom stereocenters. The van der Waals surface area contributed by atoms with Crippen LogP contribution in [0.2, 0.25) is 0 Å². The number of aryl methyl sites for hydroxylation is 1. The van der Waals surface area contributed by atoms with E-state index in [1.807, 2.05) is 30.3 Å². The standard InChI is InChI=1S/C25H24N4O6S2/c1-3-34-19(31)11-17-13-36-25(27-17)28-18(30)12-29-14-26-22-20(23(29)32)15(2)21(37-22)24(33)35-10-9-16-7-5-4-6-8-16/h4-8,13-14H,3,9-12H2,1-2H3,(H,27,28,30). The molecule has 0 saturated carbocycles. The molecule has 1 amide bonds. The molecule has 0 radical (unpaired) electrons. The highest BCUT2D eigenvalue weighted by atomic mass is 32.1. The minimum absolute atomic E-state index is 0.00864. The summed E-state index contributed by atoms with van der Waals surface area (Å²) in [5.74, 6) is -1.39. The van der Waals surface area contributed by atoms with E-state index in [-0.39, 0.29) is 31.6 Å². The number of nitrogens with one attached hydrogen (secondary N) is 1. The Morgan fingerprint density at radius 3 is 2.68 bits per heavy atom. The van der Waals surface area contributed by atoms with Crippen LogP contribution in [0, 0.1) is 6.92 Å². The molecule has 0 aliphatic rings. The lowest BCUT2D eigenvalue weighted by Gasteiger charge is -2.05. The number of nitrogens with zero attached hydrogens (tertiary/aromatic N) is 3. The largest absolute Gasteiger partial charge is 0.466 e. The van der Waals surface area contributed by atoms with E-state index in [1.165, 1.54) is 22.2 Å². The highest BCUT2D eigenvalue weighted by Gasteiger charge is 2.21. The summed E-state index contributed by atoms with van der Waals surface area (Å²) in [6.07, 6.45) is 1.87. The summed E-state index contributed by atoms with van der Waals surface area (Å²) in [7, 11) is 0. The predicted octanol–water partition coefficient (Wildman–Crippen LogP) is 3.37. The Balaban J connectivity index is 1.41. The fourth-order valence-electron chi connectivity index (χ4n) is 3.56. The Labute approximate surface area is 219 Å². The van der Waals surface area contributed by atoms with E-state index in [9.17, 15) is 19.2 Å². The van der Waals surface area contributed by atoms with Gasteiger partial charge in [-0.05, 0) is 25.0 Å². The normalized spacial score (nSPS) is 10.9. The van der Waals surface area contributed by atoms with Crippen LogP contribution in [-0.2, 0) is 38.4 Å². The van der Waals surface area contributed by atoms with Gasteiger partial charge in [0, 0.05) is 11.8 Å². The van der Waals surface area contributed by atoms with Crippen LogP contribution in [0.4, 0.5) is 5.13 Å². The summed E-state index contributed by atoms with van der Waals surface area (Å²) < 4.78 is 11.5.